The second kappa shape index (κ2) is 6.16. The van der Waals surface area contributed by atoms with Crippen LogP contribution < -0.4 is 0 Å². The number of esters is 2. The third-order valence-electron chi connectivity index (χ3n) is 3.57. The summed E-state index contributed by atoms with van der Waals surface area (Å²) < 4.78 is 10.0. The Morgan fingerprint density at radius 2 is 1.74 bits per heavy atom. The van der Waals surface area contributed by atoms with Crippen LogP contribution in [0.25, 0.3) is 11.3 Å². The van der Waals surface area contributed by atoms with Crippen LogP contribution in [0.3, 0.4) is 0 Å². The van der Waals surface area contributed by atoms with E-state index in [4.69, 9.17) is 9.47 Å². The highest BCUT2D eigenvalue weighted by Gasteiger charge is 2.29. The monoisotopic (exact) mass is 312 g/mol. The Bertz CT molecular complexity index is 786. The summed E-state index contributed by atoms with van der Waals surface area (Å²) in [4.78, 5) is 32.6. The molecule has 1 aliphatic rings. The van der Waals surface area contributed by atoms with Crippen LogP contribution in [-0.2, 0) is 15.9 Å². The van der Waals surface area contributed by atoms with E-state index in [-0.39, 0.29) is 24.7 Å². The van der Waals surface area contributed by atoms with Gasteiger partial charge in [-0.1, -0.05) is 24.3 Å². The molecular formula is C17H16N2O4. The molecule has 0 spiro atoms. The van der Waals surface area contributed by atoms with Crippen molar-refractivity contribution in [3.63, 3.8) is 0 Å². The Morgan fingerprint density at radius 1 is 1.04 bits per heavy atom. The molecule has 6 heteroatoms. The standard InChI is InChI=1S/C17H16N2O4/c1-3-22-16(20)14-12-9-10-7-5-6-8-11(10)13(12)18-15(19-14)17(21)23-4-2/h5-8H,3-4,9H2,1-2H3. The van der Waals surface area contributed by atoms with Crippen LogP contribution >= 0.6 is 0 Å². The first-order valence-electron chi connectivity index (χ1n) is 7.49. The molecule has 118 valence electrons. The van der Waals surface area contributed by atoms with E-state index in [0.29, 0.717) is 17.7 Å². The molecule has 0 fully saturated rings. The van der Waals surface area contributed by atoms with Crippen molar-refractivity contribution >= 4 is 11.9 Å². The lowest BCUT2D eigenvalue weighted by Gasteiger charge is -2.09. The quantitative estimate of drug-likeness (QED) is 0.688. The van der Waals surface area contributed by atoms with Gasteiger partial charge in [-0.05, 0) is 19.4 Å². The van der Waals surface area contributed by atoms with Gasteiger partial charge in [-0.15, -0.1) is 0 Å². The van der Waals surface area contributed by atoms with Crippen LogP contribution in [0.5, 0.6) is 0 Å². The van der Waals surface area contributed by atoms with Gasteiger partial charge in [-0.25, -0.2) is 19.6 Å². The van der Waals surface area contributed by atoms with E-state index in [2.05, 4.69) is 9.97 Å². The molecule has 0 N–H and O–H groups in total. The van der Waals surface area contributed by atoms with Crippen LogP contribution in [-0.4, -0.2) is 35.1 Å². The lowest BCUT2D eigenvalue weighted by atomic mass is 10.1. The van der Waals surface area contributed by atoms with Gasteiger partial charge in [0.15, 0.2) is 5.69 Å². The number of ether oxygens (including phenoxy) is 2. The molecule has 0 bridgehead atoms. The van der Waals surface area contributed by atoms with Crippen LogP contribution in [0.1, 0.15) is 46.1 Å². The summed E-state index contributed by atoms with van der Waals surface area (Å²) in [5.41, 5.74) is 3.37. The number of hydrogen-bond acceptors (Lipinski definition) is 6. The number of carbonyl (C=O) groups excluding carboxylic acids is 2. The Labute approximate surface area is 133 Å². The largest absolute Gasteiger partial charge is 0.461 e. The van der Waals surface area contributed by atoms with Gasteiger partial charge in [0.05, 0.1) is 18.9 Å². The number of benzene rings is 1. The molecule has 0 unspecified atom stereocenters. The summed E-state index contributed by atoms with van der Waals surface area (Å²) in [5, 5.41) is 0. The highest BCUT2D eigenvalue weighted by atomic mass is 16.5. The molecule has 1 aliphatic carbocycles. The maximum absolute atomic E-state index is 12.2. The molecule has 0 atom stereocenters. The normalized spacial score (nSPS) is 11.6. The fourth-order valence-electron chi connectivity index (χ4n) is 2.63. The van der Waals surface area contributed by atoms with Crippen LogP contribution in [0.2, 0.25) is 0 Å². The van der Waals surface area contributed by atoms with Gasteiger partial charge in [-0.3, -0.25) is 0 Å². The SMILES string of the molecule is CCOC(=O)c1nc(C(=O)OCC)c2c(n1)-c1ccccc1C2. The first-order chi connectivity index (χ1) is 11.2. The van der Waals surface area contributed by atoms with E-state index < -0.39 is 11.9 Å². The lowest BCUT2D eigenvalue weighted by Crippen LogP contribution is -2.17. The summed E-state index contributed by atoms with van der Waals surface area (Å²) >= 11 is 0. The van der Waals surface area contributed by atoms with Crippen LogP contribution in [0.15, 0.2) is 24.3 Å². The van der Waals surface area contributed by atoms with Crippen molar-refractivity contribution in [2.24, 2.45) is 0 Å². The van der Waals surface area contributed by atoms with Crippen molar-refractivity contribution in [1.29, 1.82) is 0 Å². The van der Waals surface area contributed by atoms with Crippen molar-refractivity contribution in [2.75, 3.05) is 13.2 Å². The molecule has 0 radical (unpaired) electrons. The number of hydrogen-bond donors (Lipinski definition) is 0. The predicted octanol–water partition coefficient (Wildman–Crippen LogP) is 2.40. The van der Waals surface area contributed by atoms with Gasteiger partial charge in [0.2, 0.25) is 5.82 Å². The summed E-state index contributed by atoms with van der Waals surface area (Å²) in [6, 6.07) is 7.70. The van der Waals surface area contributed by atoms with Gasteiger partial charge >= 0.3 is 11.9 Å². The maximum atomic E-state index is 12.2. The molecule has 1 aromatic heterocycles. The van der Waals surface area contributed by atoms with Gasteiger partial charge < -0.3 is 9.47 Å². The molecule has 6 nitrogen and oxygen atoms in total. The number of fused-ring (bicyclic) bond motifs is 3. The highest BCUT2D eigenvalue weighted by molar-refractivity contribution is 5.95. The average Bonchev–Trinajstić information content (AvgIpc) is 2.93. The van der Waals surface area contributed by atoms with Crippen molar-refractivity contribution in [3.05, 3.63) is 46.9 Å². The fraction of sp³-hybridized carbons (Fsp3) is 0.294. The van der Waals surface area contributed by atoms with E-state index in [9.17, 15) is 9.59 Å². The second-order valence-corrected chi connectivity index (χ2v) is 5.00. The third-order valence-corrected chi connectivity index (χ3v) is 3.57. The summed E-state index contributed by atoms with van der Waals surface area (Å²) in [7, 11) is 0. The highest BCUT2D eigenvalue weighted by Crippen LogP contribution is 2.36. The van der Waals surface area contributed by atoms with Crippen molar-refractivity contribution in [2.45, 2.75) is 20.3 Å². The Morgan fingerprint density at radius 3 is 2.48 bits per heavy atom. The van der Waals surface area contributed by atoms with Crippen LogP contribution in [0, 0.1) is 0 Å². The lowest BCUT2D eigenvalue weighted by molar-refractivity contribution is 0.0505. The summed E-state index contributed by atoms with van der Waals surface area (Å²) in [6.45, 7) is 3.87. The summed E-state index contributed by atoms with van der Waals surface area (Å²) in [6.07, 6.45) is 0.544. The minimum Gasteiger partial charge on any atom is -0.461 e. The first-order valence-corrected chi connectivity index (χ1v) is 7.49. The van der Waals surface area contributed by atoms with Crippen LogP contribution in [0.4, 0.5) is 0 Å². The zero-order valence-corrected chi connectivity index (χ0v) is 13.0. The first kappa shape index (κ1) is 15.1. The van der Waals surface area contributed by atoms with E-state index in [1.54, 1.807) is 13.8 Å². The molecular weight excluding hydrogens is 296 g/mol. The van der Waals surface area contributed by atoms with Crippen molar-refractivity contribution in [1.82, 2.24) is 9.97 Å². The molecule has 0 saturated carbocycles. The molecule has 2 aromatic rings. The minimum absolute atomic E-state index is 0.120. The molecule has 1 heterocycles. The molecule has 0 saturated heterocycles. The number of aromatic nitrogens is 2. The average molecular weight is 312 g/mol. The van der Waals surface area contributed by atoms with Crippen molar-refractivity contribution in [3.8, 4) is 11.3 Å². The Hall–Kier alpha value is -2.76. The Balaban J connectivity index is 2.16. The van der Waals surface area contributed by atoms with E-state index >= 15 is 0 Å². The van der Waals surface area contributed by atoms with E-state index in [0.717, 1.165) is 11.1 Å². The summed E-state index contributed by atoms with van der Waals surface area (Å²) in [5.74, 6) is -1.32. The number of nitrogens with zero attached hydrogens (tertiary/aromatic N) is 2. The number of rotatable bonds is 4. The fourth-order valence-corrected chi connectivity index (χ4v) is 2.63. The van der Waals surface area contributed by atoms with Gasteiger partial charge in [0.1, 0.15) is 0 Å². The zero-order valence-electron chi connectivity index (χ0n) is 13.0. The molecule has 0 amide bonds. The van der Waals surface area contributed by atoms with Crippen molar-refractivity contribution < 1.29 is 19.1 Å². The van der Waals surface area contributed by atoms with Gasteiger partial charge in [0.25, 0.3) is 0 Å². The maximum Gasteiger partial charge on any atom is 0.376 e. The molecule has 1 aromatic carbocycles. The van der Waals surface area contributed by atoms with E-state index in [1.807, 2.05) is 24.3 Å². The van der Waals surface area contributed by atoms with E-state index in [1.165, 1.54) is 0 Å². The smallest absolute Gasteiger partial charge is 0.376 e. The second-order valence-electron chi connectivity index (χ2n) is 5.00. The van der Waals surface area contributed by atoms with Gasteiger partial charge in [-0.2, -0.15) is 0 Å². The minimum atomic E-state index is -0.648. The molecule has 23 heavy (non-hydrogen) atoms. The third kappa shape index (κ3) is 2.67. The molecule has 3 rings (SSSR count). The molecule has 0 aliphatic heterocycles. The number of carbonyl (C=O) groups is 2. The topological polar surface area (TPSA) is 78.4 Å². The zero-order chi connectivity index (χ0) is 16.4. The van der Waals surface area contributed by atoms with Gasteiger partial charge in [0, 0.05) is 17.5 Å². The Kier molecular flexibility index (Phi) is 4.06. The predicted molar refractivity (Wildman–Crippen MR) is 82.2 cm³/mol.